The number of halogens is 4. The monoisotopic (exact) mass is 273 g/mol. The molecule has 1 aromatic heterocycles. The van der Waals surface area contributed by atoms with Gasteiger partial charge in [0.1, 0.15) is 5.82 Å². The van der Waals surface area contributed by atoms with Crippen molar-refractivity contribution in [2.24, 2.45) is 5.73 Å². The van der Waals surface area contributed by atoms with Gasteiger partial charge in [0.25, 0.3) is 0 Å². The van der Waals surface area contributed by atoms with Crippen LogP contribution in [0, 0.1) is 5.82 Å². The van der Waals surface area contributed by atoms with Gasteiger partial charge in [-0.2, -0.15) is 18.3 Å². The minimum Gasteiger partial charge on any atom is -0.328 e. The number of nitrogens with two attached hydrogens (primary N) is 1. The number of aromatic nitrogens is 2. The third kappa shape index (κ3) is 2.93. The van der Waals surface area contributed by atoms with Gasteiger partial charge in [-0.15, -0.1) is 0 Å². The van der Waals surface area contributed by atoms with Crippen LogP contribution in [-0.2, 0) is 6.18 Å². The van der Waals surface area contributed by atoms with Crippen molar-refractivity contribution in [1.29, 1.82) is 0 Å². The molecule has 0 fully saturated rings. The predicted octanol–water partition coefficient (Wildman–Crippen LogP) is 2.59. The maximum Gasteiger partial charge on any atom is 0.419 e. The smallest absolute Gasteiger partial charge is 0.328 e. The molecular weight excluding hydrogens is 262 g/mol. The molecule has 0 saturated carbocycles. The zero-order chi connectivity index (χ0) is 14.0. The highest BCUT2D eigenvalue weighted by Gasteiger charge is 2.32. The maximum absolute atomic E-state index is 13.1. The lowest BCUT2D eigenvalue weighted by atomic mass is 10.1. The van der Waals surface area contributed by atoms with Crippen LogP contribution >= 0.6 is 0 Å². The van der Waals surface area contributed by atoms with E-state index in [2.05, 4.69) is 5.10 Å². The fourth-order valence-electron chi connectivity index (χ4n) is 1.77. The van der Waals surface area contributed by atoms with E-state index in [-0.39, 0.29) is 6.54 Å². The Morgan fingerprint density at radius 3 is 2.58 bits per heavy atom. The molecule has 102 valence electrons. The molecule has 1 unspecified atom stereocenters. The zero-order valence-corrected chi connectivity index (χ0v) is 9.73. The molecule has 7 heteroatoms. The van der Waals surface area contributed by atoms with E-state index in [9.17, 15) is 17.6 Å². The molecule has 3 nitrogen and oxygen atoms in total. The van der Waals surface area contributed by atoms with Crippen molar-refractivity contribution in [3.63, 3.8) is 0 Å². The Bertz CT molecular complexity index is 562. The van der Waals surface area contributed by atoms with Crippen molar-refractivity contribution in [2.75, 3.05) is 6.54 Å². The average molecular weight is 273 g/mol. The van der Waals surface area contributed by atoms with E-state index in [0.29, 0.717) is 5.56 Å². The molecule has 0 aliphatic carbocycles. The highest BCUT2D eigenvalue weighted by atomic mass is 19.4. The molecule has 1 aromatic carbocycles. The molecule has 19 heavy (non-hydrogen) atoms. The van der Waals surface area contributed by atoms with Crippen molar-refractivity contribution in [2.45, 2.75) is 12.2 Å². The first-order chi connectivity index (χ1) is 8.91. The molecular formula is C12H11F4N3. The second kappa shape index (κ2) is 5.00. The molecule has 1 heterocycles. The highest BCUT2D eigenvalue weighted by Crippen LogP contribution is 2.29. The van der Waals surface area contributed by atoms with Crippen LogP contribution in [0.5, 0.6) is 0 Å². The summed E-state index contributed by atoms with van der Waals surface area (Å²) in [6, 6.07) is 4.91. The van der Waals surface area contributed by atoms with Crippen LogP contribution in [0.4, 0.5) is 17.6 Å². The second-order valence-corrected chi connectivity index (χ2v) is 4.01. The molecule has 0 spiro atoms. The van der Waals surface area contributed by atoms with E-state index >= 15 is 0 Å². The summed E-state index contributed by atoms with van der Waals surface area (Å²) >= 11 is 0. The van der Waals surface area contributed by atoms with Gasteiger partial charge in [0.2, 0.25) is 0 Å². The van der Waals surface area contributed by atoms with E-state index in [1.165, 1.54) is 18.2 Å². The zero-order valence-electron chi connectivity index (χ0n) is 9.73. The number of alkyl halides is 3. The molecule has 0 bridgehead atoms. The van der Waals surface area contributed by atoms with E-state index in [1.807, 2.05) is 0 Å². The minimum atomic E-state index is -4.46. The van der Waals surface area contributed by atoms with Crippen molar-refractivity contribution in [3.05, 3.63) is 53.6 Å². The summed E-state index contributed by atoms with van der Waals surface area (Å²) in [5.74, 6) is -0.473. The first-order valence-corrected chi connectivity index (χ1v) is 5.48. The van der Waals surface area contributed by atoms with Crippen molar-refractivity contribution >= 4 is 0 Å². The van der Waals surface area contributed by atoms with E-state index in [0.717, 1.165) is 17.1 Å². The van der Waals surface area contributed by atoms with Gasteiger partial charge in [-0.1, -0.05) is 12.1 Å². The van der Waals surface area contributed by atoms with E-state index in [4.69, 9.17) is 5.73 Å². The first-order valence-electron chi connectivity index (χ1n) is 5.48. The Morgan fingerprint density at radius 2 is 2.05 bits per heavy atom. The minimum absolute atomic E-state index is 0.0163. The summed E-state index contributed by atoms with van der Waals surface area (Å²) in [6.07, 6.45) is -2.87. The van der Waals surface area contributed by atoms with Crippen LogP contribution in [0.3, 0.4) is 0 Å². The quantitative estimate of drug-likeness (QED) is 0.873. The summed E-state index contributed by atoms with van der Waals surface area (Å²) in [4.78, 5) is 0. The molecule has 0 radical (unpaired) electrons. The SMILES string of the molecule is NCC(c1cccc(F)c1)n1cc(C(F)(F)F)cn1. The van der Waals surface area contributed by atoms with Gasteiger partial charge in [0, 0.05) is 12.7 Å². The molecule has 0 aliphatic heterocycles. The highest BCUT2D eigenvalue weighted by molar-refractivity contribution is 5.22. The van der Waals surface area contributed by atoms with Crippen LogP contribution in [0.25, 0.3) is 0 Å². The largest absolute Gasteiger partial charge is 0.419 e. The van der Waals surface area contributed by atoms with Gasteiger partial charge >= 0.3 is 6.18 Å². The lowest BCUT2D eigenvalue weighted by molar-refractivity contribution is -0.137. The average Bonchev–Trinajstić information content (AvgIpc) is 2.79. The Morgan fingerprint density at radius 1 is 1.32 bits per heavy atom. The molecule has 2 rings (SSSR count). The lowest BCUT2D eigenvalue weighted by Gasteiger charge is -2.16. The standard InChI is InChI=1S/C12H11F4N3/c13-10-3-1-2-8(4-10)11(5-17)19-7-9(6-18-19)12(14,15)16/h1-4,6-7,11H,5,17H2. The predicted molar refractivity (Wildman–Crippen MR) is 60.8 cm³/mol. The molecule has 0 saturated heterocycles. The van der Waals surface area contributed by atoms with Crippen LogP contribution in [0.1, 0.15) is 17.2 Å². The Kier molecular flexibility index (Phi) is 3.57. The van der Waals surface area contributed by atoms with E-state index in [1.54, 1.807) is 6.07 Å². The normalized spacial score (nSPS) is 13.5. The Balaban J connectivity index is 2.35. The van der Waals surface area contributed by atoms with Gasteiger partial charge in [0.05, 0.1) is 17.8 Å². The fraction of sp³-hybridized carbons (Fsp3) is 0.250. The summed E-state index contributed by atoms with van der Waals surface area (Å²) in [6.45, 7) is 0.0163. The van der Waals surface area contributed by atoms with Gasteiger partial charge in [0.15, 0.2) is 0 Å². The second-order valence-electron chi connectivity index (χ2n) is 4.01. The number of hydrogen-bond donors (Lipinski definition) is 1. The van der Waals surface area contributed by atoms with Gasteiger partial charge in [-0.3, -0.25) is 4.68 Å². The summed E-state index contributed by atoms with van der Waals surface area (Å²) in [5, 5.41) is 3.65. The molecule has 0 amide bonds. The maximum atomic E-state index is 13.1. The third-order valence-corrected chi connectivity index (χ3v) is 2.70. The van der Waals surface area contributed by atoms with Crippen LogP contribution in [0.2, 0.25) is 0 Å². The lowest BCUT2D eigenvalue weighted by Crippen LogP contribution is -2.21. The number of benzene rings is 1. The van der Waals surface area contributed by atoms with Crippen molar-refractivity contribution in [1.82, 2.24) is 9.78 Å². The molecule has 2 N–H and O–H groups in total. The van der Waals surface area contributed by atoms with E-state index < -0.39 is 23.6 Å². The Hall–Kier alpha value is -1.89. The van der Waals surface area contributed by atoms with Crippen LogP contribution in [0.15, 0.2) is 36.7 Å². The first kappa shape index (κ1) is 13.5. The molecule has 0 aliphatic rings. The molecule has 2 aromatic rings. The van der Waals surface area contributed by atoms with Gasteiger partial charge in [-0.25, -0.2) is 4.39 Å². The Labute approximate surface area is 106 Å². The van der Waals surface area contributed by atoms with Crippen molar-refractivity contribution < 1.29 is 17.6 Å². The topological polar surface area (TPSA) is 43.8 Å². The summed E-state index contributed by atoms with van der Waals surface area (Å²) < 4.78 is 51.7. The van der Waals surface area contributed by atoms with Crippen LogP contribution in [-0.4, -0.2) is 16.3 Å². The molecule has 1 atom stereocenters. The van der Waals surface area contributed by atoms with Crippen LogP contribution < -0.4 is 5.73 Å². The van der Waals surface area contributed by atoms with Gasteiger partial charge in [-0.05, 0) is 17.7 Å². The van der Waals surface area contributed by atoms with Crippen molar-refractivity contribution in [3.8, 4) is 0 Å². The summed E-state index contributed by atoms with van der Waals surface area (Å²) in [5.41, 5.74) is 5.15. The number of nitrogens with zero attached hydrogens (tertiary/aromatic N) is 2. The fourth-order valence-corrected chi connectivity index (χ4v) is 1.77. The third-order valence-electron chi connectivity index (χ3n) is 2.70. The number of hydrogen-bond acceptors (Lipinski definition) is 2. The van der Waals surface area contributed by atoms with Gasteiger partial charge < -0.3 is 5.73 Å². The summed E-state index contributed by atoms with van der Waals surface area (Å²) in [7, 11) is 0. The number of rotatable bonds is 3.